The normalized spacial score (nSPS) is 43.6. The van der Waals surface area contributed by atoms with Gasteiger partial charge in [0.2, 0.25) is 0 Å². The van der Waals surface area contributed by atoms with Crippen LogP contribution in [0.25, 0.3) is 0 Å². The van der Waals surface area contributed by atoms with Crippen LogP contribution in [0.4, 0.5) is 0 Å². The number of allylic oxidation sites excluding steroid dienone is 2. The Bertz CT molecular complexity index is 561. The standard InChI is InChI=1S/C20H30O3/c1-12(2)14-5-6-15-17-16(21)11-13(3)7-8-19(17,4)9-10-20(14,15)18(22)23/h7,12,14-15,17H,5-6,8-11H2,1-4H3,(H,22,23)/t14-,15+,17-,19-,20+/m1/s1. The molecule has 0 aromatic rings. The first kappa shape index (κ1) is 16.7. The van der Waals surface area contributed by atoms with Crippen molar-refractivity contribution in [3.8, 4) is 0 Å². The molecule has 2 saturated carbocycles. The lowest BCUT2D eigenvalue weighted by atomic mass is 9.50. The number of hydrogen-bond acceptors (Lipinski definition) is 2. The number of carbonyl (C=O) groups is 2. The third-order valence-corrected chi connectivity index (χ3v) is 7.29. The van der Waals surface area contributed by atoms with Crippen molar-refractivity contribution < 1.29 is 14.7 Å². The van der Waals surface area contributed by atoms with Crippen molar-refractivity contribution in [2.45, 2.75) is 66.2 Å². The van der Waals surface area contributed by atoms with Gasteiger partial charge in [-0.3, -0.25) is 9.59 Å². The molecule has 3 aliphatic carbocycles. The van der Waals surface area contributed by atoms with E-state index in [1.807, 2.05) is 6.92 Å². The van der Waals surface area contributed by atoms with E-state index in [1.165, 1.54) is 0 Å². The minimum atomic E-state index is -0.674. The van der Waals surface area contributed by atoms with Crippen LogP contribution in [0.15, 0.2) is 11.6 Å². The van der Waals surface area contributed by atoms with Crippen molar-refractivity contribution in [3.63, 3.8) is 0 Å². The molecular formula is C20H30O3. The van der Waals surface area contributed by atoms with E-state index in [2.05, 4.69) is 26.8 Å². The van der Waals surface area contributed by atoms with Crippen LogP contribution in [0, 0.1) is 34.5 Å². The number of rotatable bonds is 2. The van der Waals surface area contributed by atoms with E-state index in [1.54, 1.807) is 0 Å². The number of fused-ring (bicyclic) bond motifs is 3. The van der Waals surface area contributed by atoms with Gasteiger partial charge in [-0.1, -0.05) is 32.4 Å². The van der Waals surface area contributed by atoms with Crippen LogP contribution in [0.3, 0.4) is 0 Å². The molecule has 2 fully saturated rings. The Kier molecular flexibility index (Phi) is 3.97. The number of Topliss-reactive ketones (excluding diaryl/α,β-unsaturated/α-hetero) is 1. The average Bonchev–Trinajstić information content (AvgIpc) is 2.80. The monoisotopic (exact) mass is 318 g/mol. The van der Waals surface area contributed by atoms with E-state index in [-0.39, 0.29) is 23.2 Å². The molecule has 0 heterocycles. The Balaban J connectivity index is 2.06. The third-order valence-electron chi connectivity index (χ3n) is 7.29. The molecule has 128 valence electrons. The Hall–Kier alpha value is -1.12. The lowest BCUT2D eigenvalue weighted by Crippen LogP contribution is -2.54. The SMILES string of the molecule is CC1=CC[C@]2(C)CC[C@]3(C(=O)O)[C@@H](C(C)C)CC[C@H]3[C@@H]2C(=O)C1. The molecular weight excluding hydrogens is 288 g/mol. The molecule has 0 amide bonds. The summed E-state index contributed by atoms with van der Waals surface area (Å²) in [6, 6.07) is 0. The summed E-state index contributed by atoms with van der Waals surface area (Å²) in [5, 5.41) is 10.2. The molecule has 23 heavy (non-hydrogen) atoms. The van der Waals surface area contributed by atoms with Gasteiger partial charge in [-0.05, 0) is 62.2 Å². The zero-order valence-electron chi connectivity index (χ0n) is 14.9. The number of ketones is 1. The van der Waals surface area contributed by atoms with Crippen molar-refractivity contribution in [1.82, 2.24) is 0 Å². The summed E-state index contributed by atoms with van der Waals surface area (Å²) in [7, 11) is 0. The highest BCUT2D eigenvalue weighted by atomic mass is 16.4. The number of hydrogen-bond donors (Lipinski definition) is 1. The van der Waals surface area contributed by atoms with Gasteiger partial charge in [0.1, 0.15) is 5.78 Å². The molecule has 3 heteroatoms. The molecule has 0 bridgehead atoms. The van der Waals surface area contributed by atoms with Crippen molar-refractivity contribution in [2.75, 3.05) is 0 Å². The first-order valence-electron chi connectivity index (χ1n) is 9.14. The molecule has 0 unspecified atom stereocenters. The highest BCUT2D eigenvalue weighted by Gasteiger charge is 2.65. The van der Waals surface area contributed by atoms with Crippen molar-refractivity contribution in [2.24, 2.45) is 34.5 Å². The summed E-state index contributed by atoms with van der Waals surface area (Å²) in [4.78, 5) is 25.4. The third kappa shape index (κ3) is 2.30. The second-order valence-corrected chi connectivity index (χ2v) is 8.91. The largest absolute Gasteiger partial charge is 0.481 e. The first-order valence-corrected chi connectivity index (χ1v) is 9.14. The molecule has 3 nitrogen and oxygen atoms in total. The summed E-state index contributed by atoms with van der Waals surface area (Å²) in [6.07, 6.45) is 7.12. The zero-order valence-corrected chi connectivity index (χ0v) is 14.9. The topological polar surface area (TPSA) is 54.4 Å². The maximum absolute atomic E-state index is 13.0. The summed E-state index contributed by atoms with van der Waals surface area (Å²) in [5.41, 5.74) is 0.432. The summed E-state index contributed by atoms with van der Waals surface area (Å²) in [6.45, 7) is 8.55. The van der Waals surface area contributed by atoms with E-state index in [9.17, 15) is 14.7 Å². The van der Waals surface area contributed by atoms with E-state index >= 15 is 0 Å². The van der Waals surface area contributed by atoms with Crippen LogP contribution >= 0.6 is 0 Å². The van der Waals surface area contributed by atoms with Gasteiger partial charge in [0.05, 0.1) is 5.41 Å². The second-order valence-electron chi connectivity index (χ2n) is 8.91. The van der Waals surface area contributed by atoms with Crippen molar-refractivity contribution in [3.05, 3.63) is 11.6 Å². The van der Waals surface area contributed by atoms with Gasteiger partial charge in [-0.2, -0.15) is 0 Å². The average molecular weight is 318 g/mol. The fourth-order valence-electron chi connectivity index (χ4n) is 6.18. The van der Waals surface area contributed by atoms with Gasteiger partial charge in [0, 0.05) is 12.3 Å². The van der Waals surface area contributed by atoms with Crippen LogP contribution in [0.1, 0.15) is 66.2 Å². The summed E-state index contributed by atoms with van der Waals surface area (Å²) in [5.74, 6) is 0.157. The first-order chi connectivity index (χ1) is 10.7. The van der Waals surface area contributed by atoms with E-state index in [4.69, 9.17) is 0 Å². The smallest absolute Gasteiger partial charge is 0.310 e. The second kappa shape index (κ2) is 5.46. The van der Waals surface area contributed by atoms with Crippen LogP contribution in [0.2, 0.25) is 0 Å². The minimum Gasteiger partial charge on any atom is -0.481 e. The quantitative estimate of drug-likeness (QED) is 0.765. The van der Waals surface area contributed by atoms with Crippen molar-refractivity contribution >= 4 is 11.8 Å². The van der Waals surface area contributed by atoms with Gasteiger partial charge in [0.15, 0.2) is 0 Å². The number of carboxylic acid groups (broad SMARTS) is 1. The molecule has 1 N–H and O–H groups in total. The molecule has 0 radical (unpaired) electrons. The Morgan fingerprint density at radius 2 is 2.00 bits per heavy atom. The fraction of sp³-hybridized carbons (Fsp3) is 0.800. The highest BCUT2D eigenvalue weighted by molar-refractivity contribution is 5.87. The maximum Gasteiger partial charge on any atom is 0.310 e. The molecule has 0 spiro atoms. The van der Waals surface area contributed by atoms with Gasteiger partial charge < -0.3 is 5.11 Å². The lowest BCUT2D eigenvalue weighted by Gasteiger charge is -2.52. The van der Waals surface area contributed by atoms with Gasteiger partial charge in [-0.25, -0.2) is 0 Å². The number of carbonyl (C=O) groups excluding carboxylic acids is 1. The molecule has 0 aliphatic heterocycles. The number of aliphatic carboxylic acids is 1. The molecule has 5 atom stereocenters. The van der Waals surface area contributed by atoms with Gasteiger partial charge in [0.25, 0.3) is 0 Å². The minimum absolute atomic E-state index is 0.0259. The van der Waals surface area contributed by atoms with Crippen LogP contribution in [-0.4, -0.2) is 16.9 Å². The number of carboxylic acids is 1. The summed E-state index contributed by atoms with van der Waals surface area (Å²) < 4.78 is 0. The maximum atomic E-state index is 13.0. The van der Waals surface area contributed by atoms with Crippen LogP contribution < -0.4 is 0 Å². The molecule has 0 aromatic heterocycles. The predicted octanol–water partition coefficient (Wildman–Crippen LogP) is 4.47. The summed E-state index contributed by atoms with van der Waals surface area (Å²) >= 11 is 0. The highest BCUT2D eigenvalue weighted by Crippen LogP contribution is 2.65. The predicted molar refractivity (Wildman–Crippen MR) is 89.9 cm³/mol. The molecule has 0 saturated heterocycles. The Morgan fingerprint density at radius 1 is 1.30 bits per heavy atom. The fourth-order valence-corrected chi connectivity index (χ4v) is 6.18. The molecule has 0 aromatic carbocycles. The van der Waals surface area contributed by atoms with Gasteiger partial charge >= 0.3 is 5.97 Å². The Labute approximate surface area is 139 Å². The molecule has 3 rings (SSSR count). The molecule has 3 aliphatic rings. The van der Waals surface area contributed by atoms with E-state index < -0.39 is 11.4 Å². The van der Waals surface area contributed by atoms with E-state index in [0.29, 0.717) is 18.1 Å². The van der Waals surface area contributed by atoms with Crippen LogP contribution in [-0.2, 0) is 9.59 Å². The van der Waals surface area contributed by atoms with Crippen LogP contribution in [0.5, 0.6) is 0 Å². The van der Waals surface area contributed by atoms with Gasteiger partial charge in [-0.15, -0.1) is 0 Å². The van der Waals surface area contributed by atoms with E-state index in [0.717, 1.165) is 37.7 Å². The Morgan fingerprint density at radius 3 is 2.61 bits per heavy atom. The zero-order chi connectivity index (χ0) is 17.0. The lowest BCUT2D eigenvalue weighted by molar-refractivity contribution is -0.168. The van der Waals surface area contributed by atoms with Crippen molar-refractivity contribution in [1.29, 1.82) is 0 Å².